The number of nitrogens with zero attached hydrogens (tertiary/aromatic N) is 1. The summed E-state index contributed by atoms with van der Waals surface area (Å²) in [5.41, 5.74) is 6.34. The number of hydrogen-bond acceptors (Lipinski definition) is 3. The Labute approximate surface area is 123 Å². The average molecular weight is 329 g/mol. The van der Waals surface area contributed by atoms with Gasteiger partial charge in [0.1, 0.15) is 5.75 Å². The van der Waals surface area contributed by atoms with Crippen LogP contribution in [0.1, 0.15) is 19.4 Å². The first-order valence-corrected chi connectivity index (χ1v) is 7.04. The molecule has 19 heavy (non-hydrogen) atoms. The zero-order chi connectivity index (χ0) is 14.4. The molecular formula is C14H21BrN2O2. The fourth-order valence-corrected chi connectivity index (χ4v) is 2.44. The number of carbonyl (C=O) groups excluding carboxylic acids is 1. The third-order valence-electron chi connectivity index (χ3n) is 2.64. The molecule has 1 amide bonds. The molecular weight excluding hydrogens is 308 g/mol. The van der Waals surface area contributed by atoms with Gasteiger partial charge < -0.3 is 10.5 Å². The van der Waals surface area contributed by atoms with Gasteiger partial charge in [-0.1, -0.05) is 29.8 Å². The maximum Gasteiger partial charge on any atom is 0.231 e. The molecule has 0 saturated carbocycles. The summed E-state index contributed by atoms with van der Waals surface area (Å²) in [7, 11) is 1.65. The molecule has 0 aliphatic rings. The van der Waals surface area contributed by atoms with Crippen LogP contribution in [0.15, 0.2) is 22.7 Å². The van der Waals surface area contributed by atoms with Crippen molar-refractivity contribution in [3.05, 3.63) is 28.2 Å². The molecule has 0 fully saturated rings. The van der Waals surface area contributed by atoms with Crippen molar-refractivity contribution >= 4 is 21.8 Å². The average Bonchev–Trinajstić information content (AvgIpc) is 2.27. The number of nitrogens with two attached hydrogens (primary N) is 1. The molecule has 0 spiro atoms. The summed E-state index contributed by atoms with van der Waals surface area (Å²) in [5, 5.41) is 0. The van der Waals surface area contributed by atoms with Crippen LogP contribution in [0.3, 0.4) is 0 Å². The van der Waals surface area contributed by atoms with E-state index in [-0.39, 0.29) is 12.5 Å². The zero-order valence-corrected chi connectivity index (χ0v) is 13.2. The van der Waals surface area contributed by atoms with Crippen molar-refractivity contribution in [3.8, 4) is 5.75 Å². The highest BCUT2D eigenvalue weighted by Crippen LogP contribution is 2.24. The third-order valence-corrected chi connectivity index (χ3v) is 3.13. The first-order valence-electron chi connectivity index (χ1n) is 6.25. The number of rotatable bonds is 7. The lowest BCUT2D eigenvalue weighted by Crippen LogP contribution is -2.35. The SMILES string of the molecule is COc1ccc(Br)cc1CN(CC(N)=O)CC(C)C. The molecule has 0 bridgehead atoms. The van der Waals surface area contributed by atoms with Crippen LogP contribution in [0, 0.1) is 5.92 Å². The van der Waals surface area contributed by atoms with E-state index in [2.05, 4.69) is 29.8 Å². The molecule has 1 rings (SSSR count). The zero-order valence-electron chi connectivity index (χ0n) is 11.6. The van der Waals surface area contributed by atoms with Gasteiger partial charge in [-0.05, 0) is 24.1 Å². The number of ether oxygens (including phenoxy) is 1. The molecule has 0 heterocycles. The van der Waals surface area contributed by atoms with Gasteiger partial charge in [0.05, 0.1) is 13.7 Å². The monoisotopic (exact) mass is 328 g/mol. The van der Waals surface area contributed by atoms with Crippen molar-refractivity contribution in [1.29, 1.82) is 0 Å². The number of hydrogen-bond donors (Lipinski definition) is 1. The van der Waals surface area contributed by atoms with Crippen molar-refractivity contribution in [1.82, 2.24) is 4.90 Å². The van der Waals surface area contributed by atoms with Gasteiger partial charge >= 0.3 is 0 Å². The van der Waals surface area contributed by atoms with Gasteiger partial charge in [-0.2, -0.15) is 0 Å². The Morgan fingerprint density at radius 1 is 1.47 bits per heavy atom. The van der Waals surface area contributed by atoms with Crippen LogP contribution in [0.2, 0.25) is 0 Å². The van der Waals surface area contributed by atoms with E-state index in [9.17, 15) is 4.79 Å². The maximum atomic E-state index is 11.1. The lowest BCUT2D eigenvalue weighted by Gasteiger charge is -2.23. The van der Waals surface area contributed by atoms with Crippen LogP contribution in [0.5, 0.6) is 5.75 Å². The molecule has 0 saturated heterocycles. The number of carbonyl (C=O) groups is 1. The van der Waals surface area contributed by atoms with E-state index in [0.29, 0.717) is 12.5 Å². The molecule has 0 aromatic heterocycles. The van der Waals surface area contributed by atoms with E-state index in [1.54, 1.807) is 7.11 Å². The van der Waals surface area contributed by atoms with E-state index < -0.39 is 0 Å². The van der Waals surface area contributed by atoms with E-state index in [4.69, 9.17) is 10.5 Å². The summed E-state index contributed by atoms with van der Waals surface area (Å²) in [6.45, 7) is 5.95. The lowest BCUT2D eigenvalue weighted by molar-refractivity contribution is -0.119. The van der Waals surface area contributed by atoms with Crippen LogP contribution < -0.4 is 10.5 Å². The van der Waals surface area contributed by atoms with Gasteiger partial charge in [0, 0.05) is 23.1 Å². The molecule has 0 aliphatic heterocycles. The van der Waals surface area contributed by atoms with Gasteiger partial charge in [-0.15, -0.1) is 0 Å². The number of primary amides is 1. The first kappa shape index (κ1) is 16.0. The number of benzene rings is 1. The molecule has 1 aromatic carbocycles. The lowest BCUT2D eigenvalue weighted by atomic mass is 10.1. The van der Waals surface area contributed by atoms with Crippen LogP contribution >= 0.6 is 15.9 Å². The summed E-state index contributed by atoms with van der Waals surface area (Å²) in [5.74, 6) is 0.980. The number of methoxy groups -OCH3 is 1. The number of halogens is 1. The third kappa shape index (κ3) is 5.61. The normalized spacial score (nSPS) is 11.1. The van der Waals surface area contributed by atoms with E-state index >= 15 is 0 Å². The highest BCUT2D eigenvalue weighted by molar-refractivity contribution is 9.10. The minimum atomic E-state index is -0.311. The van der Waals surface area contributed by atoms with Crippen molar-refractivity contribution < 1.29 is 9.53 Å². The fourth-order valence-electron chi connectivity index (χ4n) is 2.03. The smallest absolute Gasteiger partial charge is 0.231 e. The van der Waals surface area contributed by atoms with E-state index in [1.165, 1.54) is 0 Å². The quantitative estimate of drug-likeness (QED) is 0.836. The second-order valence-corrected chi connectivity index (χ2v) is 5.90. The summed E-state index contributed by atoms with van der Waals surface area (Å²) in [6, 6.07) is 5.85. The fraction of sp³-hybridized carbons (Fsp3) is 0.500. The van der Waals surface area contributed by atoms with Gasteiger partial charge in [0.25, 0.3) is 0 Å². The van der Waals surface area contributed by atoms with Crippen LogP contribution in [0.4, 0.5) is 0 Å². The predicted molar refractivity (Wildman–Crippen MR) is 80.0 cm³/mol. The van der Waals surface area contributed by atoms with Gasteiger partial charge in [0.15, 0.2) is 0 Å². The van der Waals surface area contributed by atoms with Crippen molar-refractivity contribution in [3.63, 3.8) is 0 Å². The van der Waals surface area contributed by atoms with Crippen LogP contribution in [0.25, 0.3) is 0 Å². The highest BCUT2D eigenvalue weighted by atomic mass is 79.9. The molecule has 0 aliphatic carbocycles. The van der Waals surface area contributed by atoms with Crippen molar-refractivity contribution in [2.75, 3.05) is 20.2 Å². The predicted octanol–water partition coefficient (Wildman–Crippen LogP) is 2.40. The Morgan fingerprint density at radius 2 is 2.16 bits per heavy atom. The summed E-state index contributed by atoms with van der Waals surface area (Å²) >= 11 is 3.45. The minimum absolute atomic E-state index is 0.258. The Bertz CT molecular complexity index is 435. The molecule has 1 aromatic rings. The molecule has 0 atom stereocenters. The second kappa shape index (κ2) is 7.50. The molecule has 0 radical (unpaired) electrons. The molecule has 4 nitrogen and oxygen atoms in total. The van der Waals surface area contributed by atoms with Crippen molar-refractivity contribution in [2.24, 2.45) is 11.7 Å². The van der Waals surface area contributed by atoms with Gasteiger partial charge in [-0.3, -0.25) is 9.69 Å². The summed E-state index contributed by atoms with van der Waals surface area (Å²) in [4.78, 5) is 13.2. The maximum absolute atomic E-state index is 11.1. The Kier molecular flexibility index (Phi) is 6.31. The second-order valence-electron chi connectivity index (χ2n) is 4.99. The van der Waals surface area contributed by atoms with E-state index in [1.807, 2.05) is 23.1 Å². The minimum Gasteiger partial charge on any atom is -0.496 e. The summed E-state index contributed by atoms with van der Waals surface area (Å²) < 4.78 is 6.34. The van der Waals surface area contributed by atoms with Gasteiger partial charge in [0.2, 0.25) is 5.91 Å². The molecule has 5 heteroatoms. The van der Waals surface area contributed by atoms with Crippen molar-refractivity contribution in [2.45, 2.75) is 20.4 Å². The highest BCUT2D eigenvalue weighted by Gasteiger charge is 2.13. The first-order chi connectivity index (χ1) is 8.92. The topological polar surface area (TPSA) is 55.6 Å². The Morgan fingerprint density at radius 3 is 2.68 bits per heavy atom. The molecule has 2 N–H and O–H groups in total. The Balaban J connectivity index is 2.88. The van der Waals surface area contributed by atoms with E-state index in [0.717, 1.165) is 22.3 Å². The standard InChI is InChI=1S/C14H21BrN2O2/c1-10(2)7-17(9-14(16)18)8-11-6-12(15)4-5-13(11)19-3/h4-6,10H,7-9H2,1-3H3,(H2,16,18). The van der Waals surface area contributed by atoms with Crippen LogP contribution in [-0.4, -0.2) is 31.0 Å². The number of amides is 1. The van der Waals surface area contributed by atoms with Gasteiger partial charge in [-0.25, -0.2) is 0 Å². The Hall–Kier alpha value is -1.07. The largest absolute Gasteiger partial charge is 0.496 e. The van der Waals surface area contributed by atoms with Crippen LogP contribution in [-0.2, 0) is 11.3 Å². The molecule has 106 valence electrons. The molecule has 0 unspecified atom stereocenters. The summed E-state index contributed by atoms with van der Waals surface area (Å²) in [6.07, 6.45) is 0.